The van der Waals surface area contributed by atoms with Crippen molar-refractivity contribution in [3.8, 4) is 0 Å². The highest BCUT2D eigenvalue weighted by molar-refractivity contribution is 5.91. The van der Waals surface area contributed by atoms with E-state index in [9.17, 15) is 4.79 Å². The third kappa shape index (κ3) is 2.69. The van der Waals surface area contributed by atoms with Gasteiger partial charge in [-0.25, -0.2) is 4.98 Å². The van der Waals surface area contributed by atoms with Gasteiger partial charge in [-0.2, -0.15) is 4.52 Å². The molecule has 3 aromatic heterocycles. The van der Waals surface area contributed by atoms with E-state index in [1.807, 2.05) is 16.6 Å². The molecular formula is C17H19N7O2. The molecule has 0 bridgehead atoms. The summed E-state index contributed by atoms with van der Waals surface area (Å²) >= 11 is 0. The van der Waals surface area contributed by atoms with E-state index in [4.69, 9.17) is 9.52 Å². The molecule has 26 heavy (non-hydrogen) atoms. The molecule has 0 aromatic carbocycles. The van der Waals surface area contributed by atoms with Crippen molar-refractivity contribution in [2.45, 2.75) is 25.7 Å². The zero-order chi connectivity index (χ0) is 17.7. The minimum absolute atomic E-state index is 0.196. The summed E-state index contributed by atoms with van der Waals surface area (Å²) in [7, 11) is 0. The molecule has 0 spiro atoms. The molecule has 0 atom stereocenters. The van der Waals surface area contributed by atoms with Gasteiger partial charge in [0, 0.05) is 38.4 Å². The molecule has 9 nitrogen and oxygen atoms in total. The van der Waals surface area contributed by atoms with Gasteiger partial charge < -0.3 is 14.6 Å². The predicted molar refractivity (Wildman–Crippen MR) is 92.0 cm³/mol. The van der Waals surface area contributed by atoms with Crippen molar-refractivity contribution in [2.75, 3.05) is 24.5 Å². The number of amides is 1. The van der Waals surface area contributed by atoms with Crippen molar-refractivity contribution in [1.29, 1.82) is 0 Å². The maximum atomic E-state index is 12.0. The van der Waals surface area contributed by atoms with Crippen LogP contribution in [-0.2, 0) is 0 Å². The highest BCUT2D eigenvalue weighted by Crippen LogP contribution is 2.38. The second-order valence-electron chi connectivity index (χ2n) is 7.03. The quantitative estimate of drug-likeness (QED) is 0.734. The number of anilines is 1. The average molecular weight is 353 g/mol. The summed E-state index contributed by atoms with van der Waals surface area (Å²) in [6.45, 7) is 4.05. The number of carbonyl (C=O) groups excluding carboxylic acids is 1. The Bertz CT molecular complexity index is 969. The zero-order valence-corrected chi connectivity index (χ0v) is 14.4. The number of fused-ring (bicyclic) bond motifs is 1. The van der Waals surface area contributed by atoms with Gasteiger partial charge in [0.1, 0.15) is 12.1 Å². The number of aromatic nitrogens is 5. The van der Waals surface area contributed by atoms with Gasteiger partial charge in [-0.1, -0.05) is 0 Å². The van der Waals surface area contributed by atoms with Gasteiger partial charge in [-0.3, -0.25) is 4.79 Å². The number of nitrogens with zero attached hydrogens (tertiary/aromatic N) is 6. The molecule has 134 valence electrons. The smallest absolute Gasteiger partial charge is 0.273 e. The second kappa shape index (κ2) is 5.79. The van der Waals surface area contributed by atoms with Crippen LogP contribution in [0.2, 0.25) is 0 Å². The van der Waals surface area contributed by atoms with Crippen LogP contribution in [0.4, 0.5) is 5.82 Å². The van der Waals surface area contributed by atoms with Crippen molar-refractivity contribution in [3.05, 3.63) is 35.8 Å². The van der Waals surface area contributed by atoms with Gasteiger partial charge >= 0.3 is 0 Å². The maximum absolute atomic E-state index is 12.0. The van der Waals surface area contributed by atoms with Crippen molar-refractivity contribution in [1.82, 2.24) is 30.1 Å². The molecule has 1 aliphatic carbocycles. The third-order valence-electron chi connectivity index (χ3n) is 4.90. The number of aryl methyl sites for hydroxylation is 1. The molecule has 2 fully saturated rings. The summed E-state index contributed by atoms with van der Waals surface area (Å²) in [5.74, 6) is 3.09. The zero-order valence-electron chi connectivity index (χ0n) is 14.4. The molecule has 2 aliphatic rings. The fraction of sp³-hybridized carbons (Fsp3) is 0.471. The predicted octanol–water partition coefficient (Wildman–Crippen LogP) is 1.16. The van der Waals surface area contributed by atoms with Crippen LogP contribution in [-0.4, -0.2) is 50.3 Å². The molecule has 1 saturated heterocycles. The Labute approximate surface area is 149 Å². The van der Waals surface area contributed by atoms with E-state index in [1.54, 1.807) is 6.92 Å². The Morgan fingerprint density at radius 3 is 2.88 bits per heavy atom. The Morgan fingerprint density at radius 1 is 1.31 bits per heavy atom. The fourth-order valence-corrected chi connectivity index (χ4v) is 3.24. The standard InChI is InChI=1S/C17H19N7O2/c1-10-19-13(9-26-10)17(25)18-6-11-7-23(8-11)15-5-4-14-20-21-16(12-2-3-12)24(14)22-15/h4-5,9,11-12H,2-3,6-8H2,1H3,(H,18,25). The van der Waals surface area contributed by atoms with Crippen LogP contribution >= 0.6 is 0 Å². The fourth-order valence-electron chi connectivity index (χ4n) is 3.24. The maximum Gasteiger partial charge on any atom is 0.273 e. The molecule has 5 rings (SSSR count). The summed E-state index contributed by atoms with van der Waals surface area (Å²) in [6.07, 6.45) is 3.72. The lowest BCUT2D eigenvalue weighted by atomic mass is 10.0. The largest absolute Gasteiger partial charge is 0.448 e. The molecular weight excluding hydrogens is 334 g/mol. The van der Waals surface area contributed by atoms with Gasteiger partial charge in [0.25, 0.3) is 5.91 Å². The summed E-state index contributed by atoms with van der Waals surface area (Å²) < 4.78 is 6.94. The summed E-state index contributed by atoms with van der Waals surface area (Å²) in [6, 6.07) is 3.94. The van der Waals surface area contributed by atoms with Crippen molar-refractivity contribution < 1.29 is 9.21 Å². The van der Waals surface area contributed by atoms with Gasteiger partial charge in [0.05, 0.1) is 0 Å². The van der Waals surface area contributed by atoms with E-state index in [0.29, 0.717) is 30.0 Å². The first kappa shape index (κ1) is 15.3. The Kier molecular flexibility index (Phi) is 3.41. The SMILES string of the molecule is Cc1nc(C(=O)NCC2CN(c3ccc4nnc(C5CC5)n4n3)C2)co1. The van der Waals surface area contributed by atoms with Crippen LogP contribution in [0.3, 0.4) is 0 Å². The average Bonchev–Trinajstić information content (AvgIpc) is 3.21. The monoisotopic (exact) mass is 353 g/mol. The highest BCUT2D eigenvalue weighted by atomic mass is 16.3. The summed E-state index contributed by atoms with van der Waals surface area (Å²) in [5.41, 5.74) is 1.12. The number of oxazole rings is 1. The lowest BCUT2D eigenvalue weighted by Gasteiger charge is -2.40. The molecule has 1 N–H and O–H groups in total. The highest BCUT2D eigenvalue weighted by Gasteiger charge is 2.31. The minimum atomic E-state index is -0.196. The van der Waals surface area contributed by atoms with Crippen LogP contribution in [0.25, 0.3) is 5.65 Å². The molecule has 1 saturated carbocycles. The van der Waals surface area contributed by atoms with E-state index < -0.39 is 0 Å². The van der Waals surface area contributed by atoms with E-state index in [1.165, 1.54) is 19.1 Å². The Balaban J connectivity index is 1.19. The molecule has 0 unspecified atom stereocenters. The van der Waals surface area contributed by atoms with Crippen LogP contribution < -0.4 is 10.2 Å². The minimum Gasteiger partial charge on any atom is -0.448 e. The molecule has 4 heterocycles. The number of carbonyl (C=O) groups is 1. The first-order valence-corrected chi connectivity index (χ1v) is 8.85. The lowest BCUT2D eigenvalue weighted by Crippen LogP contribution is -2.52. The number of hydrogen-bond donors (Lipinski definition) is 1. The normalized spacial score (nSPS) is 17.5. The second-order valence-corrected chi connectivity index (χ2v) is 7.03. The summed E-state index contributed by atoms with van der Waals surface area (Å²) in [4.78, 5) is 18.2. The van der Waals surface area contributed by atoms with Gasteiger partial charge in [0.15, 0.2) is 23.1 Å². The van der Waals surface area contributed by atoms with Gasteiger partial charge in [-0.15, -0.1) is 15.3 Å². The number of nitrogens with one attached hydrogen (secondary N) is 1. The van der Waals surface area contributed by atoms with Crippen molar-refractivity contribution >= 4 is 17.4 Å². The number of hydrogen-bond acceptors (Lipinski definition) is 7. The van der Waals surface area contributed by atoms with E-state index >= 15 is 0 Å². The molecule has 3 aromatic rings. The topological polar surface area (TPSA) is 101 Å². The lowest BCUT2D eigenvalue weighted by molar-refractivity contribution is 0.0939. The van der Waals surface area contributed by atoms with E-state index in [2.05, 4.69) is 25.4 Å². The molecule has 1 aliphatic heterocycles. The van der Waals surface area contributed by atoms with Crippen molar-refractivity contribution in [2.24, 2.45) is 5.92 Å². The van der Waals surface area contributed by atoms with Gasteiger partial charge in [0.2, 0.25) is 0 Å². The van der Waals surface area contributed by atoms with Crippen LogP contribution in [0, 0.1) is 12.8 Å². The Morgan fingerprint density at radius 2 is 2.15 bits per heavy atom. The molecule has 1 amide bonds. The van der Waals surface area contributed by atoms with E-state index in [-0.39, 0.29) is 5.91 Å². The summed E-state index contributed by atoms with van der Waals surface area (Å²) in [5, 5.41) is 16.1. The van der Waals surface area contributed by atoms with Crippen molar-refractivity contribution in [3.63, 3.8) is 0 Å². The van der Waals surface area contributed by atoms with E-state index in [0.717, 1.165) is 30.4 Å². The molecule has 0 radical (unpaired) electrons. The van der Waals surface area contributed by atoms with Gasteiger partial charge in [-0.05, 0) is 25.0 Å². The first-order valence-electron chi connectivity index (χ1n) is 8.85. The van der Waals surface area contributed by atoms with Crippen LogP contribution in [0.5, 0.6) is 0 Å². The first-order chi connectivity index (χ1) is 12.7. The van der Waals surface area contributed by atoms with Crippen LogP contribution in [0.1, 0.15) is 41.0 Å². The third-order valence-corrected chi connectivity index (χ3v) is 4.90. The Hall–Kier alpha value is -2.97. The molecule has 9 heteroatoms. The number of rotatable bonds is 5. The van der Waals surface area contributed by atoms with Crippen LogP contribution in [0.15, 0.2) is 22.8 Å².